The van der Waals surface area contributed by atoms with Gasteiger partial charge in [-0.3, -0.25) is 0 Å². The lowest BCUT2D eigenvalue weighted by Crippen LogP contribution is -2.68. The van der Waals surface area contributed by atoms with Crippen molar-refractivity contribution in [2.45, 2.75) is 234 Å². The number of aliphatic hydroxyl groups is 16. The highest BCUT2D eigenvalue weighted by molar-refractivity contribution is 5.35. The molecule has 16 N–H and O–H groups in total. The Hall–Kier alpha value is -1.22. The molecule has 0 spiro atoms. The van der Waals surface area contributed by atoms with E-state index in [1.165, 1.54) is 5.57 Å². The van der Waals surface area contributed by atoms with Gasteiger partial charge in [0.15, 0.2) is 25.2 Å². The van der Waals surface area contributed by atoms with Crippen molar-refractivity contribution in [2.75, 3.05) is 39.6 Å². The molecule has 0 amide bonds. The van der Waals surface area contributed by atoms with Gasteiger partial charge in [-0.15, -0.1) is 0 Å². The van der Waals surface area contributed by atoms with Crippen LogP contribution in [0.1, 0.15) is 99.3 Å². The zero-order chi connectivity index (χ0) is 57.0. The van der Waals surface area contributed by atoms with Gasteiger partial charge in [0.1, 0.15) is 97.7 Å². The smallest absolute Gasteiger partial charge is 0.186 e. The minimum atomic E-state index is -1.76. The lowest BCUT2D eigenvalue weighted by molar-refractivity contribution is -0.337. The molecule has 8 fully saturated rings. The van der Waals surface area contributed by atoms with E-state index in [-0.39, 0.29) is 47.2 Å². The molecule has 0 aromatic heterocycles. The third kappa shape index (κ3) is 10.2. The van der Waals surface area contributed by atoms with E-state index in [2.05, 4.69) is 40.7 Å². The van der Waals surface area contributed by atoms with Crippen molar-refractivity contribution in [3.05, 3.63) is 11.6 Å². The predicted octanol–water partition coefficient (Wildman–Crippen LogP) is -3.62. The van der Waals surface area contributed by atoms with Crippen molar-refractivity contribution in [3.8, 4) is 0 Å². The first-order valence-corrected chi connectivity index (χ1v) is 28.1. The maximum Gasteiger partial charge on any atom is 0.186 e. The molecule has 9 rings (SSSR count). The van der Waals surface area contributed by atoms with Gasteiger partial charge >= 0.3 is 0 Å². The van der Waals surface area contributed by atoms with Gasteiger partial charge in [-0.1, -0.05) is 53.2 Å². The SMILES string of the molecule is CC1(C)CC[C@@]2(CO[C@@H]3O[C@H](CO[C@@H]4O[C@H](CO)[C@@H](O)[C@H](O)[C@H]4O)[C@@H](O)[C@H](O)[C@H]3O)[C@H](C1)C1=CC[C@@H]3[C@@]4(C)CC[C@H](O)[C@@](C)(CO[C@@H]5O[C@H](CO[C@@H]6O[C@H](CO)[C@@H](O)[C@H](O)[C@H]6O)[C@@H](O)[C@H](O)[C@H]5O)[C@@H]4CC[C@@]3(C)[C@]1(C)C[C@@H]2O. The van der Waals surface area contributed by atoms with E-state index >= 15 is 0 Å². The molecule has 4 saturated heterocycles. The zero-order valence-corrected chi connectivity index (χ0v) is 45.5. The molecule has 4 aliphatic heterocycles. The average molecular weight is 1120 g/mol. The molecule has 30 atom stereocenters. The summed E-state index contributed by atoms with van der Waals surface area (Å²) in [7, 11) is 0. The fraction of sp³-hybridized carbons (Fsp3) is 0.963. The number of hydrogen-bond acceptors (Lipinski definition) is 24. The molecule has 0 radical (unpaired) electrons. The average Bonchev–Trinajstić information content (AvgIpc) is 3.60. The van der Waals surface area contributed by atoms with Gasteiger partial charge in [0.05, 0.1) is 51.8 Å². The van der Waals surface area contributed by atoms with Crippen LogP contribution in [0, 0.1) is 50.2 Å². The number of ether oxygens (including phenoxy) is 8. The van der Waals surface area contributed by atoms with E-state index in [4.69, 9.17) is 37.9 Å². The van der Waals surface area contributed by atoms with Gasteiger partial charge in [-0.2, -0.15) is 0 Å². The van der Waals surface area contributed by atoms with Crippen LogP contribution in [0.5, 0.6) is 0 Å². The summed E-state index contributed by atoms with van der Waals surface area (Å²) in [6.45, 7) is 10.7. The zero-order valence-electron chi connectivity index (χ0n) is 45.5. The van der Waals surface area contributed by atoms with Gasteiger partial charge in [0, 0.05) is 10.8 Å². The van der Waals surface area contributed by atoms with Crippen molar-refractivity contribution >= 4 is 0 Å². The fourth-order valence-corrected chi connectivity index (χ4v) is 16.4. The van der Waals surface area contributed by atoms with E-state index < -0.39 is 178 Å². The summed E-state index contributed by atoms with van der Waals surface area (Å²) < 4.78 is 47.0. The molecule has 0 aromatic rings. The Balaban J connectivity index is 0.905. The third-order valence-electron chi connectivity index (χ3n) is 21.6. The molecule has 24 nitrogen and oxygen atoms in total. The fourth-order valence-electron chi connectivity index (χ4n) is 16.4. The molecule has 0 aromatic carbocycles. The summed E-state index contributed by atoms with van der Waals surface area (Å²) in [5.74, 6) is -0.201. The number of allylic oxidation sites excluding steroid dienone is 2. The Morgan fingerprint density at radius 3 is 1.40 bits per heavy atom. The minimum absolute atomic E-state index is 0.0647. The Morgan fingerprint density at radius 1 is 0.462 bits per heavy atom. The monoisotopic (exact) mass is 1120 g/mol. The lowest BCUT2D eigenvalue weighted by atomic mass is 9.33. The molecular weight excluding hydrogens is 1030 g/mol. The molecule has 78 heavy (non-hydrogen) atoms. The van der Waals surface area contributed by atoms with Crippen molar-refractivity contribution in [2.24, 2.45) is 50.2 Å². The van der Waals surface area contributed by atoms with E-state index in [0.717, 1.165) is 19.3 Å². The van der Waals surface area contributed by atoms with Crippen LogP contribution >= 0.6 is 0 Å². The Labute approximate surface area is 454 Å². The third-order valence-corrected chi connectivity index (χ3v) is 21.6. The van der Waals surface area contributed by atoms with E-state index in [1.807, 2.05) is 6.92 Å². The van der Waals surface area contributed by atoms with Crippen LogP contribution < -0.4 is 0 Å². The largest absolute Gasteiger partial charge is 0.394 e. The Kier molecular flexibility index (Phi) is 17.8. The molecule has 4 saturated carbocycles. The van der Waals surface area contributed by atoms with E-state index in [9.17, 15) is 81.7 Å². The van der Waals surface area contributed by atoms with Crippen molar-refractivity contribution in [1.82, 2.24) is 0 Å². The van der Waals surface area contributed by atoms with Gasteiger partial charge in [0.25, 0.3) is 0 Å². The highest BCUT2D eigenvalue weighted by Gasteiger charge is 2.71. The van der Waals surface area contributed by atoms with Crippen LogP contribution in [0.3, 0.4) is 0 Å². The maximum absolute atomic E-state index is 12.9. The standard InChI is InChI=1S/C54H90O24/c1-49(2)13-14-54(22-74-48-44(70)40(66)36(62)28(78-48)20-72-46-42(68)38(64)34(60)26(18-56)76-46)24(15-49)23-7-8-30-50(3)11-10-31(57)51(4,29(50)9-12-52(30,5)53(23,6)16-32(54)58)21-73-47-43(69)39(65)35(61)27(77-47)19-71-45-41(67)37(63)33(59)25(17-55)75-45/h7,24-48,55-70H,8-22H2,1-6H3/t24-,25-,26-,27-,28-,29-,30-,31+,32+,33-,34-,35-,36-,37+,38+,39+,40+,41-,42-,43-,44-,45-,46-,47-,48-,50+,51+,52-,53-,54-/m1/s1. The van der Waals surface area contributed by atoms with Crippen LogP contribution in [0.4, 0.5) is 0 Å². The summed E-state index contributed by atoms with van der Waals surface area (Å²) >= 11 is 0. The molecule has 4 heterocycles. The second kappa shape index (κ2) is 22.7. The number of aliphatic hydroxyl groups excluding tert-OH is 16. The van der Waals surface area contributed by atoms with Crippen LogP contribution in [0.25, 0.3) is 0 Å². The summed E-state index contributed by atoms with van der Waals surface area (Å²) in [4.78, 5) is 0. The normalized spacial score (nSPS) is 55.2. The predicted molar refractivity (Wildman–Crippen MR) is 265 cm³/mol. The molecule has 24 heteroatoms. The van der Waals surface area contributed by atoms with Crippen molar-refractivity contribution in [3.63, 3.8) is 0 Å². The van der Waals surface area contributed by atoms with Crippen LogP contribution in [0.15, 0.2) is 11.6 Å². The lowest BCUT2D eigenvalue weighted by Gasteiger charge is -2.72. The summed E-state index contributed by atoms with van der Waals surface area (Å²) in [5.41, 5.74) is -1.84. The first kappa shape index (κ1) is 61.3. The Morgan fingerprint density at radius 2 is 0.910 bits per heavy atom. The van der Waals surface area contributed by atoms with Gasteiger partial charge in [-0.25, -0.2) is 0 Å². The maximum atomic E-state index is 12.9. The summed E-state index contributed by atoms with van der Waals surface area (Å²) in [6.07, 6.45) is -25.3. The first-order valence-electron chi connectivity index (χ1n) is 28.1. The molecular formula is C54H90O24. The second-order valence-corrected chi connectivity index (χ2v) is 26.4. The van der Waals surface area contributed by atoms with Crippen molar-refractivity contribution in [1.29, 1.82) is 0 Å². The van der Waals surface area contributed by atoms with Crippen molar-refractivity contribution < 1.29 is 120 Å². The highest BCUT2D eigenvalue weighted by Crippen LogP contribution is 2.76. The first-order chi connectivity index (χ1) is 36.5. The molecule has 0 unspecified atom stereocenters. The van der Waals surface area contributed by atoms with Gasteiger partial charge in [0.2, 0.25) is 0 Å². The van der Waals surface area contributed by atoms with Crippen LogP contribution in [-0.4, -0.2) is 256 Å². The molecule has 5 aliphatic carbocycles. The topological polar surface area (TPSA) is 398 Å². The van der Waals surface area contributed by atoms with Gasteiger partial charge in [-0.05, 0) is 97.2 Å². The second-order valence-electron chi connectivity index (χ2n) is 26.4. The number of hydrogen-bond donors (Lipinski definition) is 16. The molecule has 9 aliphatic rings. The van der Waals surface area contributed by atoms with Gasteiger partial charge < -0.3 is 120 Å². The van der Waals surface area contributed by atoms with E-state index in [0.29, 0.717) is 38.5 Å². The molecule has 0 bridgehead atoms. The summed E-state index contributed by atoms with van der Waals surface area (Å²) in [6, 6.07) is 0. The Bertz CT molecular complexity index is 2090. The molecule has 450 valence electrons. The number of rotatable bonds is 14. The summed E-state index contributed by atoms with van der Waals surface area (Å²) in [5, 5.41) is 173. The quantitative estimate of drug-likeness (QED) is 0.0747. The van der Waals surface area contributed by atoms with Crippen LogP contribution in [0.2, 0.25) is 0 Å². The van der Waals surface area contributed by atoms with Crippen LogP contribution in [-0.2, 0) is 37.9 Å². The number of fused-ring (bicyclic) bond motifs is 7. The highest BCUT2D eigenvalue weighted by atomic mass is 16.7. The minimum Gasteiger partial charge on any atom is -0.394 e. The van der Waals surface area contributed by atoms with E-state index in [1.54, 1.807) is 0 Å².